The first-order chi connectivity index (χ1) is 9.87. The van der Waals surface area contributed by atoms with Crippen LogP contribution in [0.15, 0.2) is 41.6 Å². The molecule has 2 aromatic rings. The molecule has 7 nitrogen and oxygen atoms in total. The Morgan fingerprint density at radius 1 is 1.43 bits per heavy atom. The molecule has 1 heterocycles. The third kappa shape index (κ3) is 4.10. The van der Waals surface area contributed by atoms with Gasteiger partial charge in [-0.2, -0.15) is 5.10 Å². The number of halogens is 1. The molecule has 0 aliphatic carbocycles. The highest BCUT2D eigenvalue weighted by atomic mass is 32.2. The fourth-order valence-corrected chi connectivity index (χ4v) is 2.59. The van der Waals surface area contributed by atoms with Crippen LogP contribution in [0.3, 0.4) is 0 Å². The second kappa shape index (κ2) is 6.02. The van der Waals surface area contributed by atoms with Crippen LogP contribution < -0.4 is 4.72 Å². The maximum Gasteiger partial charge on any atom is 0.325 e. The van der Waals surface area contributed by atoms with Gasteiger partial charge in [-0.25, -0.2) is 17.5 Å². The van der Waals surface area contributed by atoms with Crippen molar-refractivity contribution >= 4 is 16.0 Å². The summed E-state index contributed by atoms with van der Waals surface area (Å²) in [5.41, 5.74) is 0.469. The Hall–Kier alpha value is -2.26. The molecule has 0 saturated heterocycles. The maximum absolute atomic E-state index is 13.0. The molecule has 0 bridgehead atoms. The van der Waals surface area contributed by atoms with Crippen LogP contribution in [0.2, 0.25) is 0 Å². The topological polar surface area (TPSA) is 101 Å². The summed E-state index contributed by atoms with van der Waals surface area (Å²) < 4.78 is 40.2. The molecule has 2 N–H and O–H groups in total. The summed E-state index contributed by atoms with van der Waals surface area (Å²) in [5, 5.41) is 12.2. The minimum absolute atomic E-state index is 0.0792. The number of aliphatic carboxylic acids is 1. The van der Waals surface area contributed by atoms with Crippen LogP contribution in [0.1, 0.15) is 5.56 Å². The van der Waals surface area contributed by atoms with Gasteiger partial charge < -0.3 is 5.11 Å². The van der Waals surface area contributed by atoms with Crippen LogP contribution in [0.25, 0.3) is 0 Å². The van der Waals surface area contributed by atoms with Gasteiger partial charge >= 0.3 is 5.97 Å². The first-order valence-electron chi connectivity index (χ1n) is 5.85. The van der Waals surface area contributed by atoms with Gasteiger partial charge in [-0.05, 0) is 17.7 Å². The van der Waals surface area contributed by atoms with Crippen molar-refractivity contribution in [2.45, 2.75) is 18.0 Å². The number of carboxylic acids is 1. The molecule has 0 saturated carbocycles. The second-order valence-electron chi connectivity index (χ2n) is 4.22. The van der Waals surface area contributed by atoms with Gasteiger partial charge in [-0.3, -0.25) is 9.48 Å². The number of sulfonamides is 1. The van der Waals surface area contributed by atoms with E-state index in [-0.39, 0.29) is 11.4 Å². The van der Waals surface area contributed by atoms with E-state index in [0.717, 1.165) is 17.1 Å². The summed E-state index contributed by atoms with van der Waals surface area (Å²) in [6, 6.07) is 5.54. The smallest absolute Gasteiger partial charge is 0.325 e. The molecular formula is C12H12FN3O4S. The van der Waals surface area contributed by atoms with E-state index in [2.05, 4.69) is 9.82 Å². The second-order valence-corrected chi connectivity index (χ2v) is 5.99. The van der Waals surface area contributed by atoms with Crippen LogP contribution in [0.4, 0.5) is 4.39 Å². The largest absolute Gasteiger partial charge is 0.480 e. The molecular weight excluding hydrogens is 301 g/mol. The van der Waals surface area contributed by atoms with Crippen molar-refractivity contribution in [2.75, 3.05) is 0 Å². The van der Waals surface area contributed by atoms with Gasteiger partial charge in [0.1, 0.15) is 17.3 Å². The molecule has 0 amide bonds. The average Bonchev–Trinajstić information content (AvgIpc) is 2.85. The molecule has 21 heavy (non-hydrogen) atoms. The van der Waals surface area contributed by atoms with Crippen LogP contribution in [-0.4, -0.2) is 29.3 Å². The Morgan fingerprint density at radius 3 is 2.86 bits per heavy atom. The quantitative estimate of drug-likeness (QED) is 0.812. The van der Waals surface area contributed by atoms with Crippen molar-refractivity contribution in [2.24, 2.45) is 0 Å². The van der Waals surface area contributed by atoms with E-state index < -0.39 is 28.4 Å². The summed E-state index contributed by atoms with van der Waals surface area (Å²) in [5.74, 6) is -1.59. The lowest BCUT2D eigenvalue weighted by atomic mass is 10.2. The Morgan fingerprint density at radius 2 is 2.19 bits per heavy atom. The van der Waals surface area contributed by atoms with Gasteiger partial charge in [0.05, 0.1) is 6.20 Å². The predicted octanol–water partition coefficient (Wildman–Crippen LogP) is 0.585. The van der Waals surface area contributed by atoms with Gasteiger partial charge in [-0.15, -0.1) is 0 Å². The predicted molar refractivity (Wildman–Crippen MR) is 70.3 cm³/mol. The lowest BCUT2D eigenvalue weighted by molar-refractivity contribution is -0.137. The molecule has 112 valence electrons. The number of aromatic nitrogens is 2. The molecule has 2 rings (SSSR count). The van der Waals surface area contributed by atoms with Gasteiger partial charge in [-0.1, -0.05) is 12.1 Å². The van der Waals surface area contributed by atoms with Crippen LogP contribution >= 0.6 is 0 Å². The first-order valence-corrected chi connectivity index (χ1v) is 7.33. The summed E-state index contributed by atoms with van der Waals surface area (Å²) in [7, 11) is -3.83. The third-order valence-electron chi connectivity index (χ3n) is 2.57. The molecule has 0 unspecified atom stereocenters. The summed E-state index contributed by atoms with van der Waals surface area (Å²) in [6.45, 7) is -0.510. The first kappa shape index (κ1) is 15.1. The van der Waals surface area contributed by atoms with E-state index >= 15 is 0 Å². The Bertz CT molecular complexity index is 757. The van der Waals surface area contributed by atoms with Crippen molar-refractivity contribution in [1.82, 2.24) is 14.5 Å². The Labute approximate surface area is 120 Å². The number of benzene rings is 1. The molecule has 0 radical (unpaired) electrons. The highest BCUT2D eigenvalue weighted by molar-refractivity contribution is 7.89. The zero-order valence-corrected chi connectivity index (χ0v) is 11.5. The Kier molecular flexibility index (Phi) is 4.34. The molecule has 0 atom stereocenters. The van der Waals surface area contributed by atoms with Crippen LogP contribution in [-0.2, 0) is 27.9 Å². The highest BCUT2D eigenvalue weighted by Crippen LogP contribution is 2.09. The van der Waals surface area contributed by atoms with E-state index in [1.807, 2.05) is 0 Å². The summed E-state index contributed by atoms with van der Waals surface area (Å²) >= 11 is 0. The standard InChI is InChI=1S/C12H12FN3O4S/c13-10-3-1-2-9(4-10)5-15-21(19,20)11-6-14-16(7-11)8-12(17)18/h1-4,6-7,15H,5,8H2,(H,17,18). The Balaban J connectivity index is 2.08. The molecule has 0 aliphatic rings. The minimum Gasteiger partial charge on any atom is -0.480 e. The van der Waals surface area contributed by atoms with E-state index in [1.54, 1.807) is 6.07 Å². The summed E-state index contributed by atoms with van der Waals surface area (Å²) in [4.78, 5) is 10.4. The lowest BCUT2D eigenvalue weighted by Crippen LogP contribution is -2.23. The number of nitrogens with zero attached hydrogens (tertiary/aromatic N) is 2. The van der Waals surface area contributed by atoms with E-state index in [1.165, 1.54) is 18.2 Å². The summed E-state index contributed by atoms with van der Waals surface area (Å²) in [6.07, 6.45) is 2.17. The van der Waals surface area contributed by atoms with Gasteiger partial charge in [0, 0.05) is 12.7 Å². The van der Waals surface area contributed by atoms with Gasteiger partial charge in [0.2, 0.25) is 10.0 Å². The number of rotatable bonds is 6. The van der Waals surface area contributed by atoms with Crippen molar-refractivity contribution in [1.29, 1.82) is 0 Å². The van der Waals surface area contributed by atoms with E-state index in [0.29, 0.717) is 5.56 Å². The highest BCUT2D eigenvalue weighted by Gasteiger charge is 2.16. The van der Waals surface area contributed by atoms with Crippen molar-refractivity contribution in [3.05, 3.63) is 48.0 Å². The van der Waals surface area contributed by atoms with Gasteiger partial charge in [0.15, 0.2) is 0 Å². The third-order valence-corrected chi connectivity index (χ3v) is 3.93. The molecule has 0 fully saturated rings. The van der Waals surface area contributed by atoms with Crippen molar-refractivity contribution in [3.8, 4) is 0 Å². The number of carbonyl (C=O) groups is 1. The lowest BCUT2D eigenvalue weighted by Gasteiger charge is -2.04. The molecule has 9 heteroatoms. The zero-order valence-electron chi connectivity index (χ0n) is 10.7. The monoisotopic (exact) mass is 313 g/mol. The van der Waals surface area contributed by atoms with Crippen LogP contribution in [0, 0.1) is 5.82 Å². The number of carboxylic acid groups (broad SMARTS) is 1. The number of nitrogens with one attached hydrogen (secondary N) is 1. The SMILES string of the molecule is O=C(O)Cn1cc(S(=O)(=O)NCc2cccc(F)c2)cn1. The zero-order chi connectivity index (χ0) is 15.5. The van der Waals surface area contributed by atoms with Gasteiger partial charge in [0.25, 0.3) is 0 Å². The normalized spacial score (nSPS) is 11.5. The molecule has 0 aliphatic heterocycles. The van der Waals surface area contributed by atoms with E-state index in [9.17, 15) is 17.6 Å². The molecule has 0 spiro atoms. The maximum atomic E-state index is 13.0. The number of hydrogen-bond acceptors (Lipinski definition) is 4. The fourth-order valence-electron chi connectivity index (χ4n) is 1.62. The minimum atomic E-state index is -3.83. The van der Waals surface area contributed by atoms with Crippen molar-refractivity contribution < 1.29 is 22.7 Å². The molecule has 1 aromatic carbocycles. The van der Waals surface area contributed by atoms with E-state index in [4.69, 9.17) is 5.11 Å². The number of hydrogen-bond donors (Lipinski definition) is 2. The van der Waals surface area contributed by atoms with Crippen molar-refractivity contribution in [3.63, 3.8) is 0 Å². The average molecular weight is 313 g/mol. The molecule has 1 aromatic heterocycles. The fraction of sp³-hybridized carbons (Fsp3) is 0.167. The van der Waals surface area contributed by atoms with Crippen LogP contribution in [0.5, 0.6) is 0 Å².